The highest BCUT2D eigenvalue weighted by Gasteiger charge is 2.49. The van der Waals surface area contributed by atoms with E-state index in [1.54, 1.807) is 6.07 Å². The van der Waals surface area contributed by atoms with Crippen LogP contribution in [0.5, 0.6) is 5.75 Å². The van der Waals surface area contributed by atoms with E-state index in [1.165, 1.54) is 7.05 Å². The molecule has 178 valence electrons. The van der Waals surface area contributed by atoms with E-state index < -0.39 is 62.9 Å². The van der Waals surface area contributed by atoms with Crippen LogP contribution in [0.15, 0.2) is 33.7 Å². The van der Waals surface area contributed by atoms with E-state index in [4.69, 9.17) is 10.00 Å². The number of nitrogens with zero attached hydrogens (tertiary/aromatic N) is 3. The molecule has 0 bridgehead atoms. The number of anilines is 1. The molecule has 1 heterocycles. The highest BCUT2D eigenvalue weighted by Crippen LogP contribution is 2.35. The second-order valence-corrected chi connectivity index (χ2v) is 8.66. The maximum atomic E-state index is 13.5. The molecular weight excluding hydrogens is 472 g/mol. The van der Waals surface area contributed by atoms with Gasteiger partial charge in [0.1, 0.15) is 16.8 Å². The summed E-state index contributed by atoms with van der Waals surface area (Å²) < 4.78 is 85.9. The monoisotopic (exact) mass is 490 g/mol. The molecule has 0 saturated carbocycles. The van der Waals surface area contributed by atoms with E-state index in [2.05, 4.69) is 16.4 Å². The van der Waals surface area contributed by atoms with Crippen molar-refractivity contribution in [3.05, 3.63) is 41.5 Å². The number of alkyl halides is 3. The van der Waals surface area contributed by atoms with Crippen molar-refractivity contribution >= 4 is 28.3 Å². The number of benzene rings is 1. The third kappa shape index (κ3) is 5.49. The van der Waals surface area contributed by atoms with E-state index >= 15 is 0 Å². The zero-order chi connectivity index (χ0) is 25.2. The van der Waals surface area contributed by atoms with Crippen molar-refractivity contribution in [2.24, 2.45) is 11.4 Å². The van der Waals surface area contributed by atoms with Gasteiger partial charge in [0.15, 0.2) is 17.0 Å². The third-order valence-electron chi connectivity index (χ3n) is 4.56. The highest BCUT2D eigenvalue weighted by molar-refractivity contribution is 7.90. The van der Waals surface area contributed by atoms with Gasteiger partial charge in [0.05, 0.1) is 12.2 Å². The quantitative estimate of drug-likeness (QED) is 0.432. The number of nitrogens with one attached hydrogen (secondary N) is 1. The van der Waals surface area contributed by atoms with Crippen LogP contribution in [0.1, 0.15) is 29.4 Å². The lowest BCUT2D eigenvalue weighted by Crippen LogP contribution is -2.43. The Morgan fingerprint density at radius 2 is 2.03 bits per heavy atom. The zero-order valence-corrected chi connectivity index (χ0v) is 18.1. The molecule has 2 rings (SSSR count). The van der Waals surface area contributed by atoms with E-state index in [0.717, 1.165) is 29.0 Å². The molecule has 14 heteroatoms. The predicted molar refractivity (Wildman–Crippen MR) is 108 cm³/mol. The Balaban J connectivity index is 2.44. The fraction of sp³-hybridized carbons (Fsp3) is 0.316. The van der Waals surface area contributed by atoms with Crippen LogP contribution in [0.25, 0.3) is 0 Å². The van der Waals surface area contributed by atoms with Gasteiger partial charge < -0.3 is 19.7 Å². The third-order valence-corrected chi connectivity index (χ3v) is 5.74. The van der Waals surface area contributed by atoms with Gasteiger partial charge in [0.2, 0.25) is 0 Å². The van der Waals surface area contributed by atoms with Crippen molar-refractivity contribution in [3.63, 3.8) is 0 Å². The second kappa shape index (κ2) is 9.20. The molecule has 0 saturated heterocycles. The zero-order valence-electron chi connectivity index (χ0n) is 17.3. The smallest absolute Gasteiger partial charge is 0.417 e. The van der Waals surface area contributed by atoms with Crippen LogP contribution < -0.4 is 10.1 Å². The second-order valence-electron chi connectivity index (χ2n) is 7.02. The number of amides is 1. The van der Waals surface area contributed by atoms with Gasteiger partial charge in [0.25, 0.3) is 15.9 Å². The first-order chi connectivity index (χ1) is 15.1. The molecule has 1 amide bonds. The molecule has 33 heavy (non-hydrogen) atoms. The number of hydrogen-bond acceptors (Lipinski definition) is 6. The van der Waals surface area contributed by atoms with Gasteiger partial charge in [-0.15, -0.1) is 0 Å². The van der Waals surface area contributed by atoms with Gasteiger partial charge >= 0.3 is 6.18 Å². The molecule has 0 aliphatic rings. The van der Waals surface area contributed by atoms with Gasteiger partial charge in [-0.25, -0.2) is 4.39 Å². The summed E-state index contributed by atoms with van der Waals surface area (Å²) in [6.45, 7) is 2.62. The molecule has 0 radical (unpaired) electrons. The van der Waals surface area contributed by atoms with E-state index in [9.17, 15) is 35.9 Å². The van der Waals surface area contributed by atoms with E-state index in [0.29, 0.717) is 6.92 Å². The SMILES string of the molecule is C=NS(=O)(=O)c1cn(C)c(C(=O)Nc2ccc(F)c(C#N)c2)c1OCCC(C)(O)C(F)(F)F. The van der Waals surface area contributed by atoms with E-state index in [-0.39, 0.29) is 11.3 Å². The lowest BCUT2D eigenvalue weighted by Gasteiger charge is -2.26. The number of nitriles is 1. The Bertz CT molecular complexity index is 1230. The predicted octanol–water partition coefficient (Wildman–Crippen LogP) is 2.76. The summed E-state index contributed by atoms with van der Waals surface area (Å²) in [5.74, 6) is -2.43. The molecule has 0 aliphatic carbocycles. The number of aryl methyl sites for hydroxylation is 1. The minimum atomic E-state index is -4.98. The summed E-state index contributed by atoms with van der Waals surface area (Å²) in [6.07, 6.45) is -5.01. The van der Waals surface area contributed by atoms with Crippen LogP contribution >= 0.6 is 0 Å². The molecule has 2 aromatic rings. The summed E-state index contributed by atoms with van der Waals surface area (Å²) in [5.41, 5.74) is -3.95. The first-order valence-corrected chi connectivity index (χ1v) is 10.4. The molecule has 0 aliphatic heterocycles. The summed E-state index contributed by atoms with van der Waals surface area (Å²) >= 11 is 0. The Hall–Kier alpha value is -3.44. The number of aromatic nitrogens is 1. The molecule has 1 unspecified atom stereocenters. The Labute approximate surface area is 186 Å². The number of aliphatic hydroxyl groups is 1. The van der Waals surface area contributed by atoms with Gasteiger partial charge in [-0.3, -0.25) is 4.79 Å². The van der Waals surface area contributed by atoms with Crippen LogP contribution in [0.4, 0.5) is 23.2 Å². The molecule has 2 N–H and O–H groups in total. The summed E-state index contributed by atoms with van der Waals surface area (Å²) in [7, 11) is -3.17. The van der Waals surface area contributed by atoms with Gasteiger partial charge in [-0.05, 0) is 25.1 Å². The van der Waals surface area contributed by atoms with Crippen molar-refractivity contribution in [1.82, 2.24) is 4.57 Å². The maximum absolute atomic E-state index is 13.5. The van der Waals surface area contributed by atoms with Gasteiger partial charge in [-0.1, -0.05) is 0 Å². The molecular formula is C19H18F4N4O5S. The summed E-state index contributed by atoms with van der Waals surface area (Å²) in [6, 6.07) is 4.68. The van der Waals surface area contributed by atoms with Crippen LogP contribution in [-0.2, 0) is 17.1 Å². The average Bonchev–Trinajstić information content (AvgIpc) is 3.05. The van der Waals surface area contributed by atoms with Crippen LogP contribution in [0.2, 0.25) is 0 Å². The molecule has 0 fully saturated rings. The number of ether oxygens (including phenoxy) is 1. The van der Waals surface area contributed by atoms with Crippen molar-refractivity contribution in [1.29, 1.82) is 5.26 Å². The van der Waals surface area contributed by atoms with Crippen LogP contribution in [0, 0.1) is 17.1 Å². The first-order valence-electron chi connectivity index (χ1n) is 9.00. The number of carbonyl (C=O) groups is 1. The molecule has 1 aromatic heterocycles. The Morgan fingerprint density at radius 3 is 2.58 bits per heavy atom. The van der Waals surface area contributed by atoms with Gasteiger partial charge in [0, 0.05) is 32.1 Å². The van der Waals surface area contributed by atoms with Gasteiger partial charge in [-0.2, -0.15) is 31.2 Å². The lowest BCUT2D eigenvalue weighted by atomic mass is 10.0. The number of sulfonamides is 1. The topological polar surface area (TPSA) is 134 Å². The number of hydrogen-bond donors (Lipinski definition) is 2. The van der Waals surface area contributed by atoms with Crippen molar-refractivity contribution in [2.75, 3.05) is 11.9 Å². The Morgan fingerprint density at radius 1 is 1.39 bits per heavy atom. The normalized spacial score (nSPS) is 13.6. The molecule has 1 aromatic carbocycles. The van der Waals surface area contributed by atoms with E-state index in [1.807, 2.05) is 0 Å². The molecule has 0 spiro atoms. The highest BCUT2D eigenvalue weighted by atomic mass is 32.2. The van der Waals surface area contributed by atoms with Crippen molar-refractivity contribution < 1.29 is 40.6 Å². The summed E-state index contributed by atoms with van der Waals surface area (Å²) in [4.78, 5) is 12.2. The average molecular weight is 490 g/mol. The Kier molecular flexibility index (Phi) is 7.20. The number of halogens is 4. The fourth-order valence-electron chi connectivity index (χ4n) is 2.60. The lowest BCUT2D eigenvalue weighted by molar-refractivity contribution is -0.256. The van der Waals surface area contributed by atoms with Crippen molar-refractivity contribution in [3.8, 4) is 11.8 Å². The molecule has 1 atom stereocenters. The largest absolute Gasteiger partial charge is 0.490 e. The molecule has 9 nitrogen and oxygen atoms in total. The fourth-order valence-corrected chi connectivity index (χ4v) is 3.42. The number of carbonyl (C=O) groups excluding carboxylic acids is 1. The van der Waals surface area contributed by atoms with Crippen LogP contribution in [0.3, 0.4) is 0 Å². The number of rotatable bonds is 8. The minimum absolute atomic E-state index is 0.0173. The summed E-state index contributed by atoms with van der Waals surface area (Å²) in [5, 5.41) is 20.8. The standard InChI is InChI=1S/C19H18F4N4O5S/c1-18(29,19(21,22)23)6-7-32-16-14(33(30,31)25-2)10-27(3)15(16)17(28)26-12-4-5-13(20)11(8-12)9-24/h4-5,8,10,29H,2,6-7H2,1,3H3,(H,26,28). The van der Waals surface area contributed by atoms with Crippen LogP contribution in [-0.4, -0.2) is 49.1 Å². The van der Waals surface area contributed by atoms with Crippen molar-refractivity contribution in [2.45, 2.75) is 30.0 Å². The first kappa shape index (κ1) is 25.8. The maximum Gasteiger partial charge on any atom is 0.417 e. The minimum Gasteiger partial charge on any atom is -0.490 e.